The molecule has 0 aliphatic heterocycles. The highest BCUT2D eigenvalue weighted by molar-refractivity contribution is 7.53. The lowest BCUT2D eigenvalue weighted by molar-refractivity contribution is 0.219. The molecule has 0 unspecified atom stereocenters. The van der Waals surface area contributed by atoms with E-state index in [9.17, 15) is 4.57 Å². The molecule has 0 spiro atoms. The van der Waals surface area contributed by atoms with Crippen molar-refractivity contribution in [3.05, 3.63) is 107 Å². The van der Waals surface area contributed by atoms with Crippen molar-refractivity contribution >= 4 is 19.2 Å². The van der Waals surface area contributed by atoms with E-state index in [4.69, 9.17) is 30.1 Å². The fraction of sp³-hybridized carbons (Fsp3) is 0.267. The number of pyridine rings is 2. The molecule has 2 heterocycles. The van der Waals surface area contributed by atoms with Gasteiger partial charge in [-0.2, -0.15) is 0 Å². The first-order valence-corrected chi connectivity index (χ1v) is 14.9. The van der Waals surface area contributed by atoms with Crippen LogP contribution in [0.3, 0.4) is 0 Å². The van der Waals surface area contributed by atoms with Crippen molar-refractivity contribution in [3.63, 3.8) is 0 Å². The lowest BCUT2D eigenvalue weighted by Gasteiger charge is -2.17. The molecule has 0 N–H and O–H groups in total. The van der Waals surface area contributed by atoms with E-state index < -0.39 is 7.60 Å². The zero-order chi connectivity index (χ0) is 28.1. The number of nitrogens with zero attached hydrogens (tertiary/aromatic N) is 2. The Morgan fingerprint density at radius 2 is 1.21 bits per heavy atom. The van der Waals surface area contributed by atoms with Gasteiger partial charge in [-0.05, 0) is 75.2 Å². The predicted molar refractivity (Wildman–Crippen MR) is 155 cm³/mol. The normalized spacial score (nSPS) is 10.9. The first-order chi connectivity index (χ1) is 18.9. The molecule has 0 saturated carbocycles. The Morgan fingerprint density at radius 3 is 1.67 bits per heavy atom. The molecular formula is C30H34ClN2O5P. The number of benzene rings is 2. The van der Waals surface area contributed by atoms with Gasteiger partial charge in [0.1, 0.15) is 11.5 Å². The third-order valence-corrected chi connectivity index (χ3v) is 7.70. The van der Waals surface area contributed by atoms with Crippen LogP contribution in [0.2, 0.25) is 0 Å². The van der Waals surface area contributed by atoms with Crippen LogP contribution in [0, 0.1) is 13.8 Å². The highest BCUT2D eigenvalue weighted by Gasteiger charge is 2.24. The minimum atomic E-state index is -3.12. The molecule has 0 amide bonds. The maximum Gasteiger partial charge on any atom is 0.335 e. The number of rotatable bonds is 11. The summed E-state index contributed by atoms with van der Waals surface area (Å²) < 4.78 is 34.8. The highest BCUT2D eigenvalue weighted by Crippen LogP contribution is 2.51. The van der Waals surface area contributed by atoms with Gasteiger partial charge in [-0.1, -0.05) is 36.4 Å². The average Bonchev–Trinajstić information content (AvgIpc) is 2.92. The fourth-order valence-corrected chi connectivity index (χ4v) is 5.38. The number of aryl methyl sites for hydroxylation is 2. The Labute approximate surface area is 235 Å². The Hall–Kier alpha value is -3.22. The van der Waals surface area contributed by atoms with E-state index in [0.29, 0.717) is 36.6 Å². The van der Waals surface area contributed by atoms with Gasteiger partial charge in [0.05, 0.1) is 19.4 Å². The van der Waals surface area contributed by atoms with Crippen LogP contribution in [-0.2, 0) is 25.7 Å². The number of hydrogen-bond acceptors (Lipinski definition) is 7. The maximum absolute atomic E-state index is 12.6. The van der Waals surface area contributed by atoms with Crippen molar-refractivity contribution in [2.24, 2.45) is 0 Å². The fourth-order valence-electron chi connectivity index (χ4n) is 3.52. The molecule has 9 heteroatoms. The summed E-state index contributed by atoms with van der Waals surface area (Å²) in [5.74, 6) is 3.08. The predicted octanol–water partition coefficient (Wildman–Crippen LogP) is 8.87. The molecular weight excluding hydrogens is 535 g/mol. The van der Waals surface area contributed by atoms with Crippen molar-refractivity contribution in [1.82, 2.24) is 9.97 Å². The lowest BCUT2D eigenvalue weighted by Crippen LogP contribution is -1.99. The highest BCUT2D eigenvalue weighted by atomic mass is 35.5. The molecule has 206 valence electrons. The van der Waals surface area contributed by atoms with Gasteiger partial charge in [0.25, 0.3) is 0 Å². The van der Waals surface area contributed by atoms with Crippen LogP contribution in [0.5, 0.6) is 23.3 Å². The summed E-state index contributed by atoms with van der Waals surface area (Å²) in [6.45, 7) is 8.20. The summed E-state index contributed by atoms with van der Waals surface area (Å²) in [7, 11) is -3.12. The second kappa shape index (κ2) is 15.4. The quantitative estimate of drug-likeness (QED) is 0.132. The minimum Gasteiger partial charge on any atom is -0.439 e. The largest absolute Gasteiger partial charge is 0.439 e. The summed E-state index contributed by atoms with van der Waals surface area (Å²) in [4.78, 5) is 8.38. The first kappa shape index (κ1) is 30.3. The smallest absolute Gasteiger partial charge is 0.335 e. The van der Waals surface area contributed by atoms with Crippen molar-refractivity contribution in [2.45, 2.75) is 39.7 Å². The van der Waals surface area contributed by atoms with Gasteiger partial charge in [0.2, 0.25) is 11.8 Å². The molecule has 4 rings (SSSR count). The molecule has 0 aliphatic carbocycles. The minimum absolute atomic E-state index is 0.215. The average molecular weight is 569 g/mol. The number of halogens is 1. The number of alkyl halides is 1. The van der Waals surface area contributed by atoms with Gasteiger partial charge < -0.3 is 18.5 Å². The summed E-state index contributed by atoms with van der Waals surface area (Å²) in [5.41, 5.74) is 3.83. The number of ether oxygens (including phenoxy) is 2. The second-order valence-corrected chi connectivity index (χ2v) is 10.8. The molecule has 2 aromatic carbocycles. The molecule has 39 heavy (non-hydrogen) atoms. The van der Waals surface area contributed by atoms with Gasteiger partial charge in [-0.3, -0.25) is 4.57 Å². The molecule has 4 aromatic rings. The van der Waals surface area contributed by atoms with Crippen LogP contribution in [0.4, 0.5) is 0 Å². The summed E-state index contributed by atoms with van der Waals surface area (Å²) in [6, 6.07) is 22.7. The molecule has 0 radical (unpaired) electrons. The van der Waals surface area contributed by atoms with Crippen LogP contribution in [0.15, 0.2) is 85.2 Å². The molecule has 0 fully saturated rings. The summed E-state index contributed by atoms with van der Waals surface area (Å²) in [6.07, 6.45) is 3.62. The van der Waals surface area contributed by atoms with Gasteiger partial charge in [-0.15, -0.1) is 11.6 Å². The molecule has 0 aliphatic rings. The SMILES string of the molecule is CCOP(=O)(Cc1cccc(Oc2ncccc2C)c1)OCC.Cc1cccnc1Oc1cccc(CCl)c1. The Bertz CT molecular complexity index is 1370. The zero-order valence-electron chi connectivity index (χ0n) is 22.7. The van der Waals surface area contributed by atoms with Crippen LogP contribution >= 0.6 is 19.2 Å². The summed E-state index contributed by atoms with van der Waals surface area (Å²) >= 11 is 5.76. The van der Waals surface area contributed by atoms with Gasteiger partial charge in [-0.25, -0.2) is 9.97 Å². The van der Waals surface area contributed by atoms with E-state index in [1.54, 1.807) is 26.2 Å². The molecule has 0 bridgehead atoms. The first-order valence-electron chi connectivity index (χ1n) is 12.7. The van der Waals surface area contributed by atoms with Crippen molar-refractivity contribution in [2.75, 3.05) is 13.2 Å². The van der Waals surface area contributed by atoms with E-state index in [2.05, 4.69) is 9.97 Å². The van der Waals surface area contributed by atoms with E-state index in [1.807, 2.05) is 86.6 Å². The molecule has 7 nitrogen and oxygen atoms in total. The standard InChI is InChI=1S/C17H22NO4P.C13H12ClNO/c1-4-20-23(19,21-5-2)13-15-9-6-10-16(12-15)22-17-14(3)8-7-11-18-17;1-10-4-3-7-15-13(10)16-12-6-2-5-11(8-12)9-14/h6-12H,4-5,13H2,1-3H3;2-8H,9H2,1H3. The van der Waals surface area contributed by atoms with E-state index in [-0.39, 0.29) is 6.16 Å². The molecule has 0 atom stereocenters. The van der Waals surface area contributed by atoms with Crippen LogP contribution in [0.25, 0.3) is 0 Å². The molecule has 0 saturated heterocycles. The maximum atomic E-state index is 12.6. The second-order valence-electron chi connectivity index (χ2n) is 8.49. The van der Waals surface area contributed by atoms with Crippen molar-refractivity contribution < 1.29 is 23.1 Å². The number of hydrogen-bond donors (Lipinski definition) is 0. The third kappa shape index (κ3) is 9.79. The van der Waals surface area contributed by atoms with Gasteiger partial charge in [0.15, 0.2) is 0 Å². The third-order valence-electron chi connectivity index (χ3n) is 5.33. The van der Waals surface area contributed by atoms with Crippen molar-refractivity contribution in [3.8, 4) is 23.3 Å². The van der Waals surface area contributed by atoms with Crippen molar-refractivity contribution in [1.29, 1.82) is 0 Å². The van der Waals surface area contributed by atoms with E-state index in [0.717, 1.165) is 28.0 Å². The monoisotopic (exact) mass is 568 g/mol. The van der Waals surface area contributed by atoms with Crippen LogP contribution in [-0.4, -0.2) is 23.2 Å². The molecule has 2 aromatic heterocycles. The Balaban J connectivity index is 0.000000230. The Morgan fingerprint density at radius 1 is 0.718 bits per heavy atom. The number of aromatic nitrogens is 2. The summed E-state index contributed by atoms with van der Waals surface area (Å²) in [5, 5.41) is 0. The zero-order valence-corrected chi connectivity index (χ0v) is 24.3. The Kier molecular flexibility index (Phi) is 12.0. The van der Waals surface area contributed by atoms with Gasteiger partial charge in [0, 0.05) is 29.4 Å². The van der Waals surface area contributed by atoms with Gasteiger partial charge >= 0.3 is 7.60 Å². The van der Waals surface area contributed by atoms with E-state index in [1.165, 1.54) is 0 Å². The van der Waals surface area contributed by atoms with E-state index >= 15 is 0 Å². The lowest BCUT2D eigenvalue weighted by atomic mass is 10.2. The topological polar surface area (TPSA) is 79.8 Å². The van der Waals surface area contributed by atoms with Crippen LogP contribution < -0.4 is 9.47 Å². The van der Waals surface area contributed by atoms with Crippen LogP contribution in [0.1, 0.15) is 36.1 Å².